The molecule has 172 valence electrons. The second-order valence-corrected chi connectivity index (χ2v) is 20.4. The van der Waals surface area contributed by atoms with E-state index in [1.165, 1.54) is 0 Å². The van der Waals surface area contributed by atoms with Crippen molar-refractivity contribution in [3.05, 3.63) is 0 Å². The third-order valence-electron chi connectivity index (χ3n) is 4.85. The number of hydrogen-bond acceptors (Lipinski definition) is 8. The lowest BCUT2D eigenvalue weighted by atomic mass is 10.5. The van der Waals surface area contributed by atoms with E-state index in [9.17, 15) is 0 Å². The van der Waals surface area contributed by atoms with Crippen molar-refractivity contribution in [1.82, 2.24) is 0 Å². The first kappa shape index (κ1) is 25.6. The molecule has 0 amide bonds. The maximum Gasteiger partial charge on any atom is 0.657 e. The van der Waals surface area contributed by atoms with E-state index in [0.29, 0.717) is 25.4 Å². The van der Waals surface area contributed by atoms with E-state index in [2.05, 4.69) is 26.2 Å². The first-order valence-corrected chi connectivity index (χ1v) is 18.4. The number of epoxide rings is 2. The zero-order chi connectivity index (χ0) is 21.4. The molecule has 8 nitrogen and oxygen atoms in total. The standard InChI is InChI=1S/C18H40O8Si3/c1-19-29(20-2,25-27(3,4)11-7-9-21-13-17-15-23-17)26-28(5,6)12-8-10-22-14-18-16-24-18/h17-18H,7-16H2,1-6H3. The van der Waals surface area contributed by atoms with E-state index in [0.717, 1.165) is 51.4 Å². The minimum atomic E-state index is -3.17. The van der Waals surface area contributed by atoms with Crippen LogP contribution < -0.4 is 0 Å². The van der Waals surface area contributed by atoms with Crippen LogP contribution in [0.3, 0.4) is 0 Å². The number of hydrogen-bond donors (Lipinski definition) is 0. The molecule has 2 aliphatic heterocycles. The highest BCUT2D eigenvalue weighted by Gasteiger charge is 2.51. The second-order valence-electron chi connectivity index (χ2n) is 8.90. The molecule has 2 heterocycles. The highest BCUT2D eigenvalue weighted by molar-refractivity contribution is 6.84. The van der Waals surface area contributed by atoms with Crippen LogP contribution in [0.15, 0.2) is 0 Å². The number of ether oxygens (including phenoxy) is 4. The predicted octanol–water partition coefficient (Wildman–Crippen LogP) is 2.77. The quantitative estimate of drug-likeness (QED) is 0.173. The van der Waals surface area contributed by atoms with Crippen LogP contribution in [-0.2, 0) is 36.0 Å². The lowest BCUT2D eigenvalue weighted by Gasteiger charge is -2.38. The Bertz CT molecular complexity index is 430. The Morgan fingerprint density at radius 2 is 1.10 bits per heavy atom. The molecule has 2 saturated heterocycles. The van der Waals surface area contributed by atoms with Gasteiger partial charge in [-0.05, 0) is 51.1 Å². The van der Waals surface area contributed by atoms with Gasteiger partial charge in [0.2, 0.25) is 0 Å². The molecular formula is C18H40O8Si3. The predicted molar refractivity (Wildman–Crippen MR) is 117 cm³/mol. The van der Waals surface area contributed by atoms with Gasteiger partial charge in [-0.2, -0.15) is 0 Å². The molecule has 0 spiro atoms. The molecule has 0 N–H and O–H groups in total. The van der Waals surface area contributed by atoms with Crippen molar-refractivity contribution in [2.75, 3.05) is 53.9 Å². The summed E-state index contributed by atoms with van der Waals surface area (Å²) in [5, 5.41) is 0. The van der Waals surface area contributed by atoms with Gasteiger partial charge in [0.15, 0.2) is 16.6 Å². The highest BCUT2D eigenvalue weighted by atomic mass is 28.5. The zero-order valence-corrected chi connectivity index (χ0v) is 22.0. The molecule has 0 aromatic rings. The average molecular weight is 469 g/mol. The Labute approximate surface area is 179 Å². The third-order valence-corrected chi connectivity index (χ3v) is 15.4. The Balaban J connectivity index is 1.73. The van der Waals surface area contributed by atoms with Gasteiger partial charge in [-0.15, -0.1) is 0 Å². The molecule has 2 atom stereocenters. The van der Waals surface area contributed by atoms with Crippen molar-refractivity contribution in [2.24, 2.45) is 0 Å². The first-order valence-electron chi connectivity index (χ1n) is 10.6. The van der Waals surface area contributed by atoms with E-state index in [1.54, 1.807) is 14.2 Å². The fourth-order valence-electron chi connectivity index (χ4n) is 3.01. The van der Waals surface area contributed by atoms with Crippen LogP contribution >= 0.6 is 0 Å². The summed E-state index contributed by atoms with van der Waals surface area (Å²) < 4.78 is 46.1. The largest absolute Gasteiger partial charge is 0.657 e. The summed E-state index contributed by atoms with van der Waals surface area (Å²) in [6.45, 7) is 13.2. The van der Waals surface area contributed by atoms with Crippen molar-refractivity contribution in [3.8, 4) is 0 Å². The molecule has 0 saturated carbocycles. The average Bonchev–Trinajstić information content (AvgIpc) is 3.54. The SMILES string of the molecule is CO[Si](OC)(O[Si](C)(C)CCCOCC1CO1)O[Si](C)(C)CCCOCC1CO1. The van der Waals surface area contributed by atoms with E-state index in [1.807, 2.05) is 0 Å². The summed E-state index contributed by atoms with van der Waals surface area (Å²) in [6.07, 6.45) is 2.53. The van der Waals surface area contributed by atoms with Crippen molar-refractivity contribution < 1.29 is 36.0 Å². The van der Waals surface area contributed by atoms with E-state index >= 15 is 0 Å². The van der Waals surface area contributed by atoms with Gasteiger partial charge < -0.3 is 36.0 Å². The molecule has 0 aliphatic carbocycles. The summed E-state index contributed by atoms with van der Waals surface area (Å²) in [5.74, 6) is 0. The lowest BCUT2D eigenvalue weighted by molar-refractivity contribution is 0.0742. The molecule has 2 fully saturated rings. The molecule has 29 heavy (non-hydrogen) atoms. The van der Waals surface area contributed by atoms with Crippen LogP contribution in [0, 0.1) is 0 Å². The van der Waals surface area contributed by atoms with Crippen molar-refractivity contribution >= 4 is 25.7 Å². The van der Waals surface area contributed by atoms with Gasteiger partial charge in [-0.1, -0.05) is 0 Å². The Hall–Kier alpha value is 0.331. The Morgan fingerprint density at radius 3 is 1.41 bits per heavy atom. The van der Waals surface area contributed by atoms with Crippen LogP contribution in [0.5, 0.6) is 0 Å². The minimum Gasteiger partial charge on any atom is -0.395 e. The van der Waals surface area contributed by atoms with E-state index in [-0.39, 0.29) is 0 Å². The molecular weight excluding hydrogens is 428 g/mol. The number of rotatable bonds is 18. The van der Waals surface area contributed by atoms with Gasteiger partial charge in [-0.3, -0.25) is 0 Å². The van der Waals surface area contributed by atoms with Crippen LogP contribution in [0.4, 0.5) is 0 Å². The van der Waals surface area contributed by atoms with Crippen LogP contribution in [0.25, 0.3) is 0 Å². The normalized spacial score (nSPS) is 22.1. The molecule has 2 unspecified atom stereocenters. The van der Waals surface area contributed by atoms with E-state index in [4.69, 9.17) is 36.0 Å². The van der Waals surface area contributed by atoms with Crippen LogP contribution in [0.1, 0.15) is 12.8 Å². The monoisotopic (exact) mass is 468 g/mol. The van der Waals surface area contributed by atoms with Gasteiger partial charge in [0, 0.05) is 27.4 Å². The topological polar surface area (TPSA) is 80.4 Å². The van der Waals surface area contributed by atoms with Crippen LogP contribution in [0.2, 0.25) is 38.3 Å². The molecule has 0 aromatic heterocycles. The first-order chi connectivity index (χ1) is 13.7. The summed E-state index contributed by atoms with van der Waals surface area (Å²) in [6, 6.07) is 1.92. The second kappa shape index (κ2) is 11.8. The Kier molecular flexibility index (Phi) is 10.4. The molecule has 2 rings (SSSR count). The highest BCUT2D eigenvalue weighted by Crippen LogP contribution is 2.27. The van der Waals surface area contributed by atoms with Gasteiger partial charge in [0.25, 0.3) is 0 Å². The van der Waals surface area contributed by atoms with Gasteiger partial charge >= 0.3 is 9.05 Å². The van der Waals surface area contributed by atoms with Gasteiger partial charge in [-0.25, -0.2) is 0 Å². The van der Waals surface area contributed by atoms with Crippen LogP contribution in [-0.4, -0.2) is 91.8 Å². The summed E-state index contributed by atoms with van der Waals surface area (Å²) >= 11 is 0. The maximum atomic E-state index is 6.48. The summed E-state index contributed by atoms with van der Waals surface area (Å²) in [5.41, 5.74) is 0. The smallest absolute Gasteiger partial charge is 0.395 e. The zero-order valence-electron chi connectivity index (χ0n) is 19.0. The van der Waals surface area contributed by atoms with Crippen molar-refractivity contribution in [2.45, 2.75) is 63.3 Å². The molecule has 2 aliphatic rings. The fraction of sp³-hybridized carbons (Fsp3) is 1.00. The van der Waals surface area contributed by atoms with Crippen molar-refractivity contribution in [1.29, 1.82) is 0 Å². The molecule has 0 bridgehead atoms. The Morgan fingerprint density at radius 1 is 0.724 bits per heavy atom. The van der Waals surface area contributed by atoms with E-state index < -0.39 is 25.7 Å². The van der Waals surface area contributed by atoms with Crippen molar-refractivity contribution in [3.63, 3.8) is 0 Å². The summed E-state index contributed by atoms with van der Waals surface area (Å²) in [4.78, 5) is 0. The van der Waals surface area contributed by atoms with Gasteiger partial charge in [0.05, 0.1) is 26.4 Å². The molecule has 0 radical (unpaired) electrons. The lowest BCUT2D eigenvalue weighted by Crippen LogP contribution is -2.59. The van der Waals surface area contributed by atoms with Gasteiger partial charge in [0.1, 0.15) is 12.2 Å². The molecule has 11 heteroatoms. The third kappa shape index (κ3) is 11.0. The minimum absolute atomic E-state index is 0.312. The maximum absolute atomic E-state index is 6.48. The summed E-state index contributed by atoms with van der Waals surface area (Å²) in [7, 11) is -3.98. The fourth-order valence-corrected chi connectivity index (χ4v) is 13.3. The molecule has 0 aromatic carbocycles.